The molecule has 0 saturated heterocycles. The Hall–Kier alpha value is -2.66. The Labute approximate surface area is 147 Å². The van der Waals surface area contributed by atoms with Gasteiger partial charge in [-0.1, -0.05) is 36.4 Å². The topological polar surface area (TPSA) is 61.8 Å². The molecule has 0 fully saturated rings. The average Bonchev–Trinajstić information content (AvgIpc) is 2.60. The molecule has 2 aromatic rings. The Morgan fingerprint density at radius 3 is 1.88 bits per heavy atom. The highest BCUT2D eigenvalue weighted by atomic mass is 17.2. The maximum Gasteiger partial charge on any atom is 0.373 e. The first-order chi connectivity index (χ1) is 11.9. The van der Waals surface area contributed by atoms with E-state index in [-0.39, 0.29) is 0 Å². The van der Waals surface area contributed by atoms with Gasteiger partial charge in [0.25, 0.3) is 0 Å². The van der Waals surface area contributed by atoms with Gasteiger partial charge in [0.15, 0.2) is 0 Å². The second-order valence-electron chi connectivity index (χ2n) is 6.37. The lowest BCUT2D eigenvalue weighted by Crippen LogP contribution is -2.32. The summed E-state index contributed by atoms with van der Waals surface area (Å²) in [7, 11) is 0. The number of hydrogen-bond donors (Lipinski definition) is 0. The zero-order chi connectivity index (χ0) is 18.3. The fourth-order valence-electron chi connectivity index (χ4n) is 2.37. The van der Waals surface area contributed by atoms with E-state index in [4.69, 9.17) is 14.5 Å². The molecule has 2 aromatic carbocycles. The number of esters is 1. The Morgan fingerprint density at radius 1 is 0.880 bits per heavy atom. The minimum Gasteiger partial charge on any atom is -0.459 e. The zero-order valence-electron chi connectivity index (χ0n) is 14.6. The highest BCUT2D eigenvalue weighted by Gasteiger charge is 2.27. The number of rotatable bonds is 7. The SMILES string of the molecule is CC(CC(C)(C)OOC(=O)c1ccccc1)OC(=O)c1ccccc1. The van der Waals surface area contributed by atoms with Crippen LogP contribution in [0.1, 0.15) is 47.9 Å². The summed E-state index contributed by atoms with van der Waals surface area (Å²) in [5.41, 5.74) is 0.0892. The summed E-state index contributed by atoms with van der Waals surface area (Å²) < 4.78 is 5.40. The van der Waals surface area contributed by atoms with Crippen LogP contribution in [0.5, 0.6) is 0 Å². The lowest BCUT2D eigenvalue weighted by atomic mass is 10.0. The summed E-state index contributed by atoms with van der Waals surface area (Å²) >= 11 is 0. The van der Waals surface area contributed by atoms with Crippen molar-refractivity contribution in [1.29, 1.82) is 0 Å². The van der Waals surface area contributed by atoms with Crippen LogP contribution in [0, 0.1) is 0 Å². The van der Waals surface area contributed by atoms with Crippen LogP contribution in [0.15, 0.2) is 60.7 Å². The van der Waals surface area contributed by atoms with E-state index in [1.54, 1.807) is 69.3 Å². The third-order valence-corrected chi connectivity index (χ3v) is 3.45. The van der Waals surface area contributed by atoms with E-state index in [1.165, 1.54) is 0 Å². The molecule has 5 nitrogen and oxygen atoms in total. The van der Waals surface area contributed by atoms with Crippen molar-refractivity contribution in [3.05, 3.63) is 71.8 Å². The molecule has 2 rings (SSSR count). The molecule has 1 unspecified atom stereocenters. The van der Waals surface area contributed by atoms with Gasteiger partial charge in [-0.2, -0.15) is 4.89 Å². The van der Waals surface area contributed by atoms with Crippen LogP contribution in [0.4, 0.5) is 0 Å². The van der Waals surface area contributed by atoms with Crippen molar-refractivity contribution < 1.29 is 24.1 Å². The van der Waals surface area contributed by atoms with E-state index in [2.05, 4.69) is 0 Å². The van der Waals surface area contributed by atoms with Crippen molar-refractivity contribution in [3.8, 4) is 0 Å². The van der Waals surface area contributed by atoms with Crippen LogP contribution >= 0.6 is 0 Å². The molecule has 1 atom stereocenters. The number of ether oxygens (including phenoxy) is 1. The average molecular weight is 342 g/mol. The van der Waals surface area contributed by atoms with E-state index in [9.17, 15) is 9.59 Å². The Kier molecular flexibility index (Phi) is 6.31. The molecule has 0 aliphatic rings. The first-order valence-corrected chi connectivity index (χ1v) is 8.08. The van der Waals surface area contributed by atoms with Crippen LogP contribution in [0.3, 0.4) is 0 Å². The van der Waals surface area contributed by atoms with Gasteiger partial charge in [0.1, 0.15) is 11.7 Å². The summed E-state index contributed by atoms with van der Waals surface area (Å²) in [5.74, 6) is -0.965. The fraction of sp³-hybridized carbons (Fsp3) is 0.300. The predicted molar refractivity (Wildman–Crippen MR) is 93.0 cm³/mol. The molecule has 25 heavy (non-hydrogen) atoms. The smallest absolute Gasteiger partial charge is 0.373 e. The third-order valence-electron chi connectivity index (χ3n) is 3.45. The summed E-state index contributed by atoms with van der Waals surface area (Å²) in [4.78, 5) is 34.1. The molecule has 0 amide bonds. The van der Waals surface area contributed by atoms with Crippen LogP contribution in [-0.2, 0) is 14.5 Å². The van der Waals surface area contributed by atoms with Crippen LogP contribution in [-0.4, -0.2) is 23.6 Å². The molecular weight excluding hydrogens is 320 g/mol. The van der Waals surface area contributed by atoms with Gasteiger partial charge < -0.3 is 4.74 Å². The molecule has 0 aliphatic carbocycles. The lowest BCUT2D eigenvalue weighted by molar-refractivity contribution is -0.311. The second-order valence-corrected chi connectivity index (χ2v) is 6.37. The first kappa shape index (κ1) is 18.7. The summed E-state index contributed by atoms with van der Waals surface area (Å²) in [6.45, 7) is 5.29. The van der Waals surface area contributed by atoms with E-state index in [0.717, 1.165) is 0 Å². The van der Waals surface area contributed by atoms with Gasteiger partial charge in [0, 0.05) is 6.42 Å². The van der Waals surface area contributed by atoms with Crippen molar-refractivity contribution in [1.82, 2.24) is 0 Å². The van der Waals surface area contributed by atoms with Crippen molar-refractivity contribution in [2.75, 3.05) is 0 Å². The summed E-state index contributed by atoms with van der Waals surface area (Å²) in [5, 5.41) is 0. The van der Waals surface area contributed by atoms with Crippen LogP contribution in [0.2, 0.25) is 0 Å². The van der Waals surface area contributed by atoms with E-state index in [1.807, 2.05) is 12.1 Å². The third kappa shape index (κ3) is 6.04. The van der Waals surface area contributed by atoms with Gasteiger partial charge in [0.2, 0.25) is 0 Å². The molecule has 0 saturated carbocycles. The first-order valence-electron chi connectivity index (χ1n) is 8.08. The molecule has 0 heterocycles. The van der Waals surface area contributed by atoms with E-state index in [0.29, 0.717) is 17.5 Å². The van der Waals surface area contributed by atoms with Gasteiger partial charge in [-0.25, -0.2) is 9.59 Å². The maximum absolute atomic E-state index is 12.0. The largest absolute Gasteiger partial charge is 0.459 e. The molecule has 5 heteroatoms. The molecule has 0 radical (unpaired) electrons. The number of benzene rings is 2. The van der Waals surface area contributed by atoms with Gasteiger partial charge in [-0.15, -0.1) is 0 Å². The molecule has 0 aromatic heterocycles. The van der Waals surface area contributed by atoms with Crippen LogP contribution < -0.4 is 0 Å². The van der Waals surface area contributed by atoms with Crippen molar-refractivity contribution in [3.63, 3.8) is 0 Å². The van der Waals surface area contributed by atoms with Gasteiger partial charge in [-0.3, -0.25) is 4.89 Å². The number of hydrogen-bond acceptors (Lipinski definition) is 5. The summed E-state index contributed by atoms with van der Waals surface area (Å²) in [6, 6.07) is 17.3. The molecular formula is C20H22O5. The Bertz CT molecular complexity index is 695. The minimum absolute atomic E-state index is 0.369. The minimum atomic E-state index is -0.805. The van der Waals surface area contributed by atoms with Crippen molar-refractivity contribution >= 4 is 11.9 Å². The van der Waals surface area contributed by atoms with Gasteiger partial charge >= 0.3 is 11.9 Å². The predicted octanol–water partition coefficient (Wildman–Crippen LogP) is 4.19. The molecule has 0 bridgehead atoms. The molecule has 132 valence electrons. The van der Waals surface area contributed by atoms with Crippen LogP contribution in [0.25, 0.3) is 0 Å². The number of carbonyl (C=O) groups excluding carboxylic acids is 2. The van der Waals surface area contributed by atoms with Crippen molar-refractivity contribution in [2.24, 2.45) is 0 Å². The Balaban J connectivity index is 1.83. The molecule has 0 N–H and O–H groups in total. The fourth-order valence-corrected chi connectivity index (χ4v) is 2.37. The normalized spacial score (nSPS) is 12.3. The van der Waals surface area contributed by atoms with E-state index < -0.39 is 23.6 Å². The molecule has 0 spiro atoms. The quantitative estimate of drug-likeness (QED) is 0.429. The van der Waals surface area contributed by atoms with Gasteiger partial charge in [0.05, 0.1) is 11.1 Å². The van der Waals surface area contributed by atoms with E-state index >= 15 is 0 Å². The molecule has 0 aliphatic heterocycles. The number of carbonyl (C=O) groups is 2. The zero-order valence-corrected chi connectivity index (χ0v) is 14.6. The lowest BCUT2D eigenvalue weighted by Gasteiger charge is -2.26. The van der Waals surface area contributed by atoms with Crippen molar-refractivity contribution in [2.45, 2.75) is 38.9 Å². The summed E-state index contributed by atoms with van der Waals surface area (Å²) in [6.07, 6.45) is -0.0358. The standard InChI is InChI=1S/C20H22O5/c1-15(23-18(21)16-10-6-4-7-11-16)14-20(2,3)25-24-19(22)17-12-8-5-9-13-17/h4-13,15H,14H2,1-3H3. The van der Waals surface area contributed by atoms with Gasteiger partial charge in [-0.05, 0) is 45.0 Å². The highest BCUT2D eigenvalue weighted by Crippen LogP contribution is 2.20. The second kappa shape index (κ2) is 8.44. The highest BCUT2D eigenvalue weighted by molar-refractivity contribution is 5.89. The monoisotopic (exact) mass is 342 g/mol. The Morgan fingerprint density at radius 2 is 1.36 bits per heavy atom. The maximum atomic E-state index is 12.0.